The molecule has 24 heavy (non-hydrogen) atoms. The molecule has 0 aromatic rings. The van der Waals surface area contributed by atoms with E-state index in [-0.39, 0.29) is 5.54 Å². The average Bonchev–Trinajstić information content (AvgIpc) is 2.35. The van der Waals surface area contributed by atoms with Gasteiger partial charge in [0.25, 0.3) is 0 Å². The normalized spacial score (nSPS) is 18.4. The van der Waals surface area contributed by atoms with Gasteiger partial charge in [-0.1, -0.05) is 61.8 Å². The molecule has 0 atom stereocenters. The summed E-state index contributed by atoms with van der Waals surface area (Å²) in [6, 6.07) is 2.30. The minimum Gasteiger partial charge on any atom is -0.351 e. The molecule has 0 radical (unpaired) electrons. The van der Waals surface area contributed by atoms with E-state index in [0.29, 0.717) is 38.1 Å². The van der Waals surface area contributed by atoms with Gasteiger partial charge in [-0.05, 0) is 63.1 Å². The Morgan fingerprint density at radius 1 is 0.667 bits per heavy atom. The van der Waals surface area contributed by atoms with E-state index in [2.05, 4.69) is 90.5 Å². The van der Waals surface area contributed by atoms with Crippen LogP contribution in [0, 0.1) is 0 Å². The van der Waals surface area contributed by atoms with Crippen LogP contribution in [-0.4, -0.2) is 58.0 Å². The standard InChI is InChI=1S/C19H43B2N3/c1-15(2)22(16(3)4)20-13-12-14-21(24(20)19(9,10)11)23(17(5)6)18(7)8/h15-18H,12-14H2,1-11H3. The molecule has 3 nitrogen and oxygen atoms in total. The fourth-order valence-corrected chi connectivity index (χ4v) is 5.01. The van der Waals surface area contributed by atoms with Crippen molar-refractivity contribution >= 4 is 14.0 Å². The molecule has 0 aromatic heterocycles. The van der Waals surface area contributed by atoms with E-state index in [1.165, 1.54) is 19.1 Å². The Bertz CT molecular complexity index is 333. The first-order valence-corrected chi connectivity index (χ1v) is 10.2. The quantitative estimate of drug-likeness (QED) is 0.651. The molecule has 1 fully saturated rings. The van der Waals surface area contributed by atoms with Crippen molar-refractivity contribution in [3.8, 4) is 0 Å². The summed E-state index contributed by atoms with van der Waals surface area (Å²) in [6.07, 6.45) is 3.90. The van der Waals surface area contributed by atoms with Crippen molar-refractivity contribution in [1.82, 2.24) is 14.3 Å². The fourth-order valence-electron chi connectivity index (χ4n) is 5.01. The zero-order valence-corrected chi connectivity index (χ0v) is 18.4. The van der Waals surface area contributed by atoms with Gasteiger partial charge in [0.15, 0.2) is 0 Å². The predicted octanol–water partition coefficient (Wildman–Crippen LogP) is 4.70. The van der Waals surface area contributed by atoms with Crippen LogP contribution in [0.25, 0.3) is 0 Å². The van der Waals surface area contributed by atoms with Crippen LogP contribution < -0.4 is 0 Å². The average molecular weight is 335 g/mol. The molecule has 0 saturated carbocycles. The van der Waals surface area contributed by atoms with E-state index < -0.39 is 0 Å². The summed E-state index contributed by atoms with van der Waals surface area (Å²) in [5, 5.41) is 0. The molecule has 1 aliphatic heterocycles. The Morgan fingerprint density at radius 2 is 0.958 bits per heavy atom. The Balaban J connectivity index is 3.30. The van der Waals surface area contributed by atoms with Gasteiger partial charge in [0.1, 0.15) is 0 Å². The molecular formula is C19H43B2N3. The third-order valence-electron chi connectivity index (χ3n) is 5.41. The molecule has 0 aliphatic carbocycles. The summed E-state index contributed by atoms with van der Waals surface area (Å²) >= 11 is 0. The monoisotopic (exact) mass is 335 g/mol. The van der Waals surface area contributed by atoms with Crippen LogP contribution in [0.1, 0.15) is 82.6 Å². The molecule has 0 aromatic carbocycles. The van der Waals surface area contributed by atoms with Gasteiger partial charge >= 0.3 is 14.0 Å². The first kappa shape index (κ1) is 22.1. The van der Waals surface area contributed by atoms with Crippen LogP contribution >= 0.6 is 0 Å². The number of hydrogen-bond donors (Lipinski definition) is 0. The van der Waals surface area contributed by atoms with Crippen molar-refractivity contribution in [2.45, 2.75) is 125 Å². The van der Waals surface area contributed by atoms with E-state index in [1.807, 2.05) is 0 Å². The highest BCUT2D eigenvalue weighted by atomic mass is 15.3. The van der Waals surface area contributed by atoms with Crippen LogP contribution in [-0.2, 0) is 0 Å². The Morgan fingerprint density at radius 3 is 1.17 bits per heavy atom. The largest absolute Gasteiger partial charge is 0.351 e. The lowest BCUT2D eigenvalue weighted by Gasteiger charge is -2.56. The van der Waals surface area contributed by atoms with Crippen molar-refractivity contribution in [3.63, 3.8) is 0 Å². The molecule has 1 saturated heterocycles. The zero-order chi connectivity index (χ0) is 18.8. The predicted molar refractivity (Wildman–Crippen MR) is 112 cm³/mol. The number of nitrogens with zero attached hydrogens (tertiary/aromatic N) is 3. The van der Waals surface area contributed by atoms with E-state index in [9.17, 15) is 0 Å². The highest BCUT2D eigenvalue weighted by Gasteiger charge is 2.49. The van der Waals surface area contributed by atoms with Crippen molar-refractivity contribution < 1.29 is 0 Å². The zero-order valence-electron chi connectivity index (χ0n) is 18.4. The van der Waals surface area contributed by atoms with Crippen LogP contribution in [0.3, 0.4) is 0 Å². The maximum atomic E-state index is 2.83. The highest BCUT2D eigenvalue weighted by molar-refractivity contribution is 6.71. The van der Waals surface area contributed by atoms with Crippen LogP contribution in [0.2, 0.25) is 12.6 Å². The third-order valence-corrected chi connectivity index (χ3v) is 5.41. The molecule has 5 heteroatoms. The number of hydrogen-bond acceptors (Lipinski definition) is 3. The Labute approximate surface area is 153 Å². The third kappa shape index (κ3) is 5.02. The van der Waals surface area contributed by atoms with Crippen molar-refractivity contribution in [2.75, 3.05) is 0 Å². The fraction of sp³-hybridized carbons (Fsp3) is 1.00. The smallest absolute Gasteiger partial charge is 0.301 e. The van der Waals surface area contributed by atoms with Gasteiger partial charge in [0.05, 0.1) is 0 Å². The minimum absolute atomic E-state index is 0.166. The number of rotatable bonds is 6. The second kappa shape index (κ2) is 8.60. The first-order valence-electron chi connectivity index (χ1n) is 10.2. The summed E-state index contributed by atoms with van der Waals surface area (Å²) in [7, 11) is 0. The van der Waals surface area contributed by atoms with E-state index in [1.54, 1.807) is 0 Å². The molecule has 140 valence electrons. The van der Waals surface area contributed by atoms with Gasteiger partial charge in [0, 0.05) is 0 Å². The lowest BCUT2D eigenvalue weighted by atomic mass is 9.44. The highest BCUT2D eigenvalue weighted by Crippen LogP contribution is 2.33. The maximum absolute atomic E-state index is 2.83. The second-order valence-corrected chi connectivity index (χ2v) is 9.74. The summed E-state index contributed by atoms with van der Waals surface area (Å²) < 4.78 is 2.83. The minimum atomic E-state index is 0.166. The van der Waals surface area contributed by atoms with Crippen LogP contribution in [0.5, 0.6) is 0 Å². The Kier molecular flexibility index (Phi) is 7.90. The SMILES string of the molecule is CC(C)N(B1CCCB(N(C(C)C)C(C)C)N1C(C)(C)C)C(C)C. The Hall–Kier alpha value is 0.00987. The summed E-state index contributed by atoms with van der Waals surface area (Å²) in [5.74, 6) is 0. The topological polar surface area (TPSA) is 9.72 Å². The van der Waals surface area contributed by atoms with Crippen molar-refractivity contribution in [1.29, 1.82) is 0 Å². The van der Waals surface area contributed by atoms with E-state index in [4.69, 9.17) is 0 Å². The molecular weight excluding hydrogens is 292 g/mol. The van der Waals surface area contributed by atoms with Crippen LogP contribution in [0.15, 0.2) is 0 Å². The maximum Gasteiger partial charge on any atom is 0.301 e. The molecule has 0 spiro atoms. The molecule has 1 rings (SSSR count). The molecule has 0 unspecified atom stereocenters. The molecule has 0 amide bonds. The van der Waals surface area contributed by atoms with Gasteiger partial charge in [-0.15, -0.1) is 0 Å². The van der Waals surface area contributed by atoms with Crippen LogP contribution in [0.4, 0.5) is 0 Å². The summed E-state index contributed by atoms with van der Waals surface area (Å²) in [4.78, 5) is 5.46. The molecule has 1 aliphatic rings. The lowest BCUT2D eigenvalue weighted by molar-refractivity contribution is 0.214. The van der Waals surface area contributed by atoms with Gasteiger partial charge in [-0.2, -0.15) is 0 Å². The molecule has 0 N–H and O–H groups in total. The van der Waals surface area contributed by atoms with Gasteiger partial charge in [-0.3, -0.25) is 0 Å². The molecule has 0 bridgehead atoms. The van der Waals surface area contributed by atoms with E-state index in [0.717, 1.165) is 0 Å². The van der Waals surface area contributed by atoms with E-state index >= 15 is 0 Å². The van der Waals surface area contributed by atoms with Crippen molar-refractivity contribution in [2.24, 2.45) is 0 Å². The van der Waals surface area contributed by atoms with Gasteiger partial charge in [0.2, 0.25) is 0 Å². The summed E-state index contributed by atoms with van der Waals surface area (Å²) in [6.45, 7) is 27.1. The van der Waals surface area contributed by atoms with Gasteiger partial charge in [-0.25, -0.2) is 0 Å². The summed E-state index contributed by atoms with van der Waals surface area (Å²) in [5.41, 5.74) is 0.166. The second-order valence-electron chi connectivity index (χ2n) is 9.74. The van der Waals surface area contributed by atoms with Crippen molar-refractivity contribution in [3.05, 3.63) is 0 Å². The lowest BCUT2D eigenvalue weighted by Crippen LogP contribution is -2.73. The van der Waals surface area contributed by atoms with Gasteiger partial charge < -0.3 is 14.3 Å². The first-order chi connectivity index (χ1) is 10.9. The molecule has 1 heterocycles.